The molecular formula is C17H29NO2S. The van der Waals surface area contributed by atoms with Crippen LogP contribution >= 0.6 is 11.3 Å². The van der Waals surface area contributed by atoms with Gasteiger partial charge in [0.2, 0.25) is 0 Å². The molecule has 1 saturated carbocycles. The van der Waals surface area contributed by atoms with Crippen molar-refractivity contribution in [3.05, 3.63) is 22.4 Å². The Bertz CT molecular complexity index is 369. The number of hydrogen-bond donors (Lipinski definition) is 2. The molecule has 120 valence electrons. The maximum Gasteiger partial charge on any atom is 0.0897 e. The smallest absolute Gasteiger partial charge is 0.0897 e. The Labute approximate surface area is 132 Å². The van der Waals surface area contributed by atoms with E-state index in [-0.39, 0.29) is 0 Å². The maximum atomic E-state index is 9.87. The summed E-state index contributed by atoms with van der Waals surface area (Å²) < 4.78 is 5.52. The number of thiophene rings is 1. The van der Waals surface area contributed by atoms with Gasteiger partial charge in [0, 0.05) is 11.4 Å². The van der Waals surface area contributed by atoms with Crippen LogP contribution in [-0.4, -0.2) is 30.9 Å². The summed E-state index contributed by atoms with van der Waals surface area (Å²) in [5.74, 6) is 1.79. The van der Waals surface area contributed by atoms with Crippen LogP contribution in [0.15, 0.2) is 17.5 Å². The van der Waals surface area contributed by atoms with Crippen LogP contribution in [0.1, 0.15) is 43.9 Å². The zero-order valence-electron chi connectivity index (χ0n) is 13.1. The normalized spacial score (nSPS) is 24.1. The van der Waals surface area contributed by atoms with Gasteiger partial charge in [0.15, 0.2) is 0 Å². The minimum absolute atomic E-state index is 0.407. The minimum Gasteiger partial charge on any atom is -0.389 e. The molecule has 0 radical (unpaired) electrons. The first-order valence-electron chi connectivity index (χ1n) is 8.23. The minimum atomic E-state index is -0.407. The topological polar surface area (TPSA) is 41.5 Å². The van der Waals surface area contributed by atoms with Gasteiger partial charge in [-0.2, -0.15) is 0 Å². The molecule has 0 saturated heterocycles. The number of ether oxygens (including phenoxy) is 1. The summed E-state index contributed by atoms with van der Waals surface area (Å²) in [4.78, 5) is 1.21. The molecule has 1 aliphatic rings. The highest BCUT2D eigenvalue weighted by atomic mass is 32.1. The Balaban J connectivity index is 1.46. The van der Waals surface area contributed by atoms with Crippen LogP contribution in [0.3, 0.4) is 0 Å². The fourth-order valence-corrected chi connectivity index (χ4v) is 3.79. The second-order valence-corrected chi connectivity index (χ2v) is 7.41. The molecule has 4 heteroatoms. The molecule has 3 nitrogen and oxygen atoms in total. The number of aliphatic hydroxyl groups is 1. The van der Waals surface area contributed by atoms with Gasteiger partial charge in [-0.1, -0.05) is 32.3 Å². The predicted molar refractivity (Wildman–Crippen MR) is 88.6 cm³/mol. The summed E-state index contributed by atoms with van der Waals surface area (Å²) in [6.45, 7) is 5.03. The summed E-state index contributed by atoms with van der Waals surface area (Å²) in [6, 6.07) is 4.08. The van der Waals surface area contributed by atoms with Crippen molar-refractivity contribution >= 4 is 11.3 Å². The van der Waals surface area contributed by atoms with Crippen LogP contribution in [0.2, 0.25) is 0 Å². The largest absolute Gasteiger partial charge is 0.389 e. The summed E-state index contributed by atoms with van der Waals surface area (Å²) in [5.41, 5.74) is 0. The van der Waals surface area contributed by atoms with E-state index in [0.717, 1.165) is 18.4 Å². The van der Waals surface area contributed by atoms with Crippen LogP contribution in [-0.2, 0) is 11.3 Å². The van der Waals surface area contributed by atoms with E-state index in [1.807, 2.05) is 11.4 Å². The zero-order chi connectivity index (χ0) is 14.9. The second-order valence-electron chi connectivity index (χ2n) is 6.38. The second kappa shape index (κ2) is 9.57. The Kier molecular flexibility index (Phi) is 7.72. The summed E-state index contributed by atoms with van der Waals surface area (Å²) in [5, 5.41) is 15.3. The predicted octanol–water partition coefficient (Wildman–Crippen LogP) is 3.43. The van der Waals surface area contributed by atoms with E-state index < -0.39 is 6.10 Å². The highest BCUT2D eigenvalue weighted by molar-refractivity contribution is 7.09. The molecule has 3 unspecified atom stereocenters. The lowest BCUT2D eigenvalue weighted by Crippen LogP contribution is -2.32. The van der Waals surface area contributed by atoms with Gasteiger partial charge in [-0.25, -0.2) is 0 Å². The van der Waals surface area contributed by atoms with E-state index >= 15 is 0 Å². The molecule has 0 aromatic carbocycles. The first kappa shape index (κ1) is 16.9. The molecule has 1 aromatic rings. The lowest BCUT2D eigenvalue weighted by Gasteiger charge is -2.26. The third-order valence-electron chi connectivity index (χ3n) is 4.29. The van der Waals surface area contributed by atoms with Crippen LogP contribution in [0, 0.1) is 11.8 Å². The fourth-order valence-electron chi connectivity index (χ4n) is 3.15. The van der Waals surface area contributed by atoms with Crippen molar-refractivity contribution in [2.45, 2.75) is 51.7 Å². The molecular weight excluding hydrogens is 282 g/mol. The lowest BCUT2D eigenvalue weighted by atomic mass is 9.81. The Hall–Kier alpha value is -0.420. The van der Waals surface area contributed by atoms with Gasteiger partial charge in [0.1, 0.15) is 0 Å². The van der Waals surface area contributed by atoms with Gasteiger partial charge in [-0.3, -0.25) is 0 Å². The van der Waals surface area contributed by atoms with E-state index in [4.69, 9.17) is 4.74 Å². The molecule has 2 N–H and O–H groups in total. The number of nitrogens with one attached hydrogen (secondary N) is 1. The van der Waals surface area contributed by atoms with Gasteiger partial charge in [0.05, 0.1) is 19.3 Å². The third kappa shape index (κ3) is 6.92. The van der Waals surface area contributed by atoms with E-state index in [2.05, 4.69) is 18.3 Å². The number of hydrogen-bond acceptors (Lipinski definition) is 4. The monoisotopic (exact) mass is 311 g/mol. The standard InChI is InChI=1S/C17H29NO2S/c1-14-4-2-5-15(10-14)7-8-18-11-16(19)12-20-13-17-6-3-9-21-17/h3,6,9,14-16,18-19H,2,4-5,7-8,10-13H2,1H3. The van der Waals surface area contributed by atoms with Crippen molar-refractivity contribution in [3.63, 3.8) is 0 Å². The van der Waals surface area contributed by atoms with E-state index in [9.17, 15) is 5.11 Å². The van der Waals surface area contributed by atoms with Gasteiger partial charge >= 0.3 is 0 Å². The number of rotatable bonds is 9. The molecule has 1 heterocycles. The molecule has 0 aliphatic heterocycles. The highest BCUT2D eigenvalue weighted by Crippen LogP contribution is 2.30. The average Bonchev–Trinajstić information content (AvgIpc) is 2.97. The van der Waals surface area contributed by atoms with Crippen molar-refractivity contribution in [3.8, 4) is 0 Å². The van der Waals surface area contributed by atoms with Crippen molar-refractivity contribution < 1.29 is 9.84 Å². The zero-order valence-corrected chi connectivity index (χ0v) is 13.9. The first-order valence-corrected chi connectivity index (χ1v) is 9.11. The molecule has 0 spiro atoms. The van der Waals surface area contributed by atoms with Gasteiger partial charge in [-0.05, 0) is 42.7 Å². The third-order valence-corrected chi connectivity index (χ3v) is 5.14. The Morgan fingerprint density at radius 3 is 3.14 bits per heavy atom. The highest BCUT2D eigenvalue weighted by Gasteiger charge is 2.18. The van der Waals surface area contributed by atoms with Crippen molar-refractivity contribution in [2.75, 3.05) is 19.7 Å². The van der Waals surface area contributed by atoms with Crippen molar-refractivity contribution in [2.24, 2.45) is 11.8 Å². The van der Waals surface area contributed by atoms with Gasteiger partial charge < -0.3 is 15.2 Å². The van der Waals surface area contributed by atoms with Crippen LogP contribution in [0.5, 0.6) is 0 Å². The van der Waals surface area contributed by atoms with E-state index in [1.165, 1.54) is 37.0 Å². The quantitative estimate of drug-likeness (QED) is 0.687. The van der Waals surface area contributed by atoms with Gasteiger partial charge in [0.25, 0.3) is 0 Å². The van der Waals surface area contributed by atoms with E-state index in [0.29, 0.717) is 19.8 Å². The fraction of sp³-hybridized carbons (Fsp3) is 0.765. The number of aliphatic hydroxyl groups excluding tert-OH is 1. The van der Waals surface area contributed by atoms with Gasteiger partial charge in [-0.15, -0.1) is 11.3 Å². The molecule has 3 atom stereocenters. The maximum absolute atomic E-state index is 9.87. The molecule has 1 aliphatic carbocycles. The van der Waals surface area contributed by atoms with Crippen LogP contribution in [0.4, 0.5) is 0 Å². The molecule has 1 fully saturated rings. The molecule has 1 aromatic heterocycles. The SMILES string of the molecule is CC1CCCC(CCNCC(O)COCc2cccs2)C1. The van der Waals surface area contributed by atoms with Crippen LogP contribution < -0.4 is 5.32 Å². The average molecular weight is 311 g/mol. The van der Waals surface area contributed by atoms with Crippen molar-refractivity contribution in [1.29, 1.82) is 0 Å². The molecule has 0 amide bonds. The Morgan fingerprint density at radius 2 is 2.38 bits per heavy atom. The molecule has 2 rings (SSSR count). The molecule has 21 heavy (non-hydrogen) atoms. The van der Waals surface area contributed by atoms with Crippen molar-refractivity contribution in [1.82, 2.24) is 5.32 Å². The summed E-state index contributed by atoms with van der Waals surface area (Å²) >= 11 is 1.69. The summed E-state index contributed by atoms with van der Waals surface area (Å²) in [6.07, 6.45) is 6.41. The Morgan fingerprint density at radius 1 is 1.48 bits per heavy atom. The van der Waals surface area contributed by atoms with Crippen LogP contribution in [0.25, 0.3) is 0 Å². The molecule has 0 bridgehead atoms. The first-order chi connectivity index (χ1) is 10.2. The summed E-state index contributed by atoms with van der Waals surface area (Å²) in [7, 11) is 0. The lowest BCUT2D eigenvalue weighted by molar-refractivity contribution is 0.0297. The van der Waals surface area contributed by atoms with E-state index in [1.54, 1.807) is 11.3 Å².